The third-order valence-corrected chi connectivity index (χ3v) is 6.01. The minimum Gasteiger partial charge on any atom is -0.480 e. The zero-order chi connectivity index (χ0) is 26.3. The molecule has 1 N–H and O–H groups in total. The van der Waals surface area contributed by atoms with Crippen LogP contribution in [0.1, 0.15) is 47.6 Å². The van der Waals surface area contributed by atoms with Gasteiger partial charge in [0.05, 0.1) is 10.7 Å². The van der Waals surface area contributed by atoms with E-state index in [1.807, 2.05) is 0 Å². The number of hydrogen-bond acceptors (Lipinski definition) is 7. The van der Waals surface area contributed by atoms with Gasteiger partial charge < -0.3 is 14.6 Å². The maximum absolute atomic E-state index is 13.2. The molecular weight excluding hydrogens is 496 g/mol. The number of carboxylic acid groups (broad SMARTS) is 1. The smallest absolute Gasteiger partial charge is 0.424 e. The Morgan fingerprint density at radius 2 is 1.60 bits per heavy atom. The van der Waals surface area contributed by atoms with Crippen molar-refractivity contribution in [2.24, 2.45) is 0 Å². The average Bonchev–Trinajstić information content (AvgIpc) is 3.11. The Kier molecular flexibility index (Phi) is 7.29. The monoisotopic (exact) mass is 522 g/mol. The first-order valence-electron chi connectivity index (χ1n) is 10.8. The number of aromatic nitrogens is 1. The molecule has 1 aliphatic rings. The van der Waals surface area contributed by atoms with Gasteiger partial charge in [0.25, 0.3) is 5.56 Å². The number of nitrogens with zero attached hydrogens (tertiary/aromatic N) is 2. The van der Waals surface area contributed by atoms with Gasteiger partial charge in [-0.3, -0.25) is 9.36 Å². The van der Waals surface area contributed by atoms with Crippen molar-refractivity contribution in [3.05, 3.63) is 45.7 Å². The van der Waals surface area contributed by atoms with Crippen LogP contribution in [0.4, 0.5) is 15.3 Å². The molecule has 35 heavy (non-hydrogen) atoms. The van der Waals surface area contributed by atoms with Gasteiger partial charge in [0.2, 0.25) is 0 Å². The van der Waals surface area contributed by atoms with E-state index in [4.69, 9.17) is 21.1 Å². The number of carbonyl (C=O) groups is 3. The molecule has 1 aromatic heterocycles. The Morgan fingerprint density at radius 1 is 1.03 bits per heavy atom. The van der Waals surface area contributed by atoms with E-state index in [1.165, 1.54) is 40.6 Å². The lowest BCUT2D eigenvalue weighted by atomic mass is 10.0. The number of carbonyl (C=O) groups excluding carboxylic acids is 2. The van der Waals surface area contributed by atoms with E-state index in [1.54, 1.807) is 47.6 Å². The largest absolute Gasteiger partial charge is 0.480 e. The molecule has 188 valence electrons. The van der Waals surface area contributed by atoms with Gasteiger partial charge >= 0.3 is 18.2 Å². The van der Waals surface area contributed by atoms with E-state index in [2.05, 4.69) is 0 Å². The predicted octanol–water partition coefficient (Wildman–Crippen LogP) is 5.58. The normalized spacial score (nSPS) is 15.3. The number of thioether (sulfide) groups is 1. The van der Waals surface area contributed by atoms with Gasteiger partial charge in [0, 0.05) is 22.4 Å². The number of halogens is 1. The molecule has 0 spiro atoms. The summed E-state index contributed by atoms with van der Waals surface area (Å²) in [5.74, 6) is -0.895. The molecule has 3 rings (SSSR count). The summed E-state index contributed by atoms with van der Waals surface area (Å²) < 4.78 is 12.1. The van der Waals surface area contributed by atoms with E-state index < -0.39 is 41.0 Å². The summed E-state index contributed by atoms with van der Waals surface area (Å²) in [4.78, 5) is 51.5. The topological polar surface area (TPSA) is 115 Å². The standard InChI is InChI=1S/C24H27ClN2O7S/c1-23(2,3)33-21(31)27(22(32)34-24(4,5)6)16-8-7-14(25)11-15(16)13-9-18(28)26-17(20(29)30)12-35-19(26)10-13/h7-11,17H,12H2,1-6H3,(H,29,30)/t17-/m0/s1. The van der Waals surface area contributed by atoms with E-state index in [0.717, 1.165) is 4.90 Å². The van der Waals surface area contributed by atoms with E-state index in [-0.39, 0.29) is 11.4 Å². The summed E-state index contributed by atoms with van der Waals surface area (Å²) in [7, 11) is 0. The van der Waals surface area contributed by atoms with E-state index in [9.17, 15) is 24.3 Å². The molecule has 2 heterocycles. The second-order valence-electron chi connectivity index (χ2n) is 9.91. The van der Waals surface area contributed by atoms with Gasteiger partial charge in [-0.2, -0.15) is 4.90 Å². The summed E-state index contributed by atoms with van der Waals surface area (Å²) in [6, 6.07) is 6.38. The van der Waals surface area contributed by atoms with Crippen molar-refractivity contribution in [1.29, 1.82) is 0 Å². The highest BCUT2D eigenvalue weighted by atomic mass is 35.5. The SMILES string of the molecule is CC(C)(C)OC(=O)N(C(=O)OC(C)(C)C)c1ccc(Cl)cc1-c1cc2n(c(=O)c1)[C@H](C(=O)O)CS2. The van der Waals surface area contributed by atoms with Gasteiger partial charge in [0.15, 0.2) is 0 Å². The van der Waals surface area contributed by atoms with E-state index in [0.29, 0.717) is 21.2 Å². The van der Waals surface area contributed by atoms with Crippen molar-refractivity contribution in [3.63, 3.8) is 0 Å². The number of rotatable bonds is 3. The number of fused-ring (bicyclic) bond motifs is 1. The molecule has 1 atom stereocenters. The molecule has 11 heteroatoms. The summed E-state index contributed by atoms with van der Waals surface area (Å²) in [5, 5.41) is 10.2. The highest BCUT2D eigenvalue weighted by molar-refractivity contribution is 7.99. The van der Waals surface area contributed by atoms with Crippen LogP contribution in [0, 0.1) is 0 Å². The zero-order valence-corrected chi connectivity index (χ0v) is 21.8. The third kappa shape index (κ3) is 6.18. The number of pyridine rings is 1. The molecule has 0 saturated carbocycles. The van der Waals surface area contributed by atoms with Crippen molar-refractivity contribution in [1.82, 2.24) is 4.57 Å². The summed E-state index contributed by atoms with van der Waals surface area (Å²) >= 11 is 7.47. The van der Waals surface area contributed by atoms with Crippen LogP contribution in [0.2, 0.25) is 5.02 Å². The molecule has 9 nitrogen and oxygen atoms in total. The molecule has 0 saturated heterocycles. The number of ether oxygens (including phenoxy) is 2. The Hall–Kier alpha value is -2.98. The summed E-state index contributed by atoms with van der Waals surface area (Å²) in [5.41, 5.74) is -1.58. The molecule has 0 aliphatic carbocycles. The molecule has 0 unspecified atom stereocenters. The second kappa shape index (κ2) is 9.58. The van der Waals surface area contributed by atoms with Crippen LogP contribution in [-0.4, -0.2) is 44.8 Å². The van der Waals surface area contributed by atoms with Gasteiger partial charge in [-0.25, -0.2) is 14.4 Å². The zero-order valence-electron chi connectivity index (χ0n) is 20.2. The van der Waals surface area contributed by atoms with Crippen molar-refractivity contribution >= 4 is 47.2 Å². The molecule has 2 aromatic rings. The molecule has 1 aromatic carbocycles. The molecular formula is C24H27ClN2O7S. The highest BCUT2D eigenvalue weighted by Gasteiger charge is 2.35. The predicted molar refractivity (Wildman–Crippen MR) is 133 cm³/mol. The fourth-order valence-corrected chi connectivity index (χ4v) is 4.73. The molecule has 0 bridgehead atoms. The summed E-state index contributed by atoms with van der Waals surface area (Å²) in [6.07, 6.45) is -1.93. The van der Waals surface area contributed by atoms with Crippen LogP contribution >= 0.6 is 23.4 Å². The number of hydrogen-bond donors (Lipinski definition) is 1. The minimum atomic E-state index is -1.10. The van der Waals surface area contributed by atoms with Crippen LogP contribution in [0.15, 0.2) is 40.2 Å². The van der Waals surface area contributed by atoms with Gasteiger partial charge in [0.1, 0.15) is 17.2 Å². The molecule has 0 fully saturated rings. The third-order valence-electron chi connectivity index (χ3n) is 4.68. The fraction of sp³-hybridized carbons (Fsp3) is 0.417. The first kappa shape index (κ1) is 26.6. The van der Waals surface area contributed by atoms with Crippen LogP contribution < -0.4 is 10.5 Å². The van der Waals surface area contributed by atoms with Crippen molar-refractivity contribution in [2.75, 3.05) is 10.7 Å². The Morgan fingerprint density at radius 3 is 2.11 bits per heavy atom. The Balaban J connectivity index is 2.19. The van der Waals surface area contributed by atoms with Crippen LogP contribution in [0.5, 0.6) is 0 Å². The lowest BCUT2D eigenvalue weighted by Gasteiger charge is -2.29. The number of anilines is 1. The first-order chi connectivity index (χ1) is 16.1. The highest BCUT2D eigenvalue weighted by Crippen LogP contribution is 2.39. The number of carboxylic acids is 1. The maximum Gasteiger partial charge on any atom is 0.424 e. The van der Waals surface area contributed by atoms with Crippen LogP contribution in [0.3, 0.4) is 0 Å². The maximum atomic E-state index is 13.2. The van der Waals surface area contributed by atoms with Crippen LogP contribution in [-0.2, 0) is 14.3 Å². The van der Waals surface area contributed by atoms with E-state index >= 15 is 0 Å². The number of imide groups is 1. The lowest BCUT2D eigenvalue weighted by molar-refractivity contribution is -0.140. The van der Waals surface area contributed by atoms with Gasteiger partial charge in [-0.05, 0) is 71.4 Å². The molecule has 0 radical (unpaired) electrons. The second-order valence-corrected chi connectivity index (χ2v) is 11.4. The van der Waals surface area contributed by atoms with Crippen LogP contribution in [0.25, 0.3) is 11.1 Å². The first-order valence-corrected chi connectivity index (χ1v) is 12.1. The van der Waals surface area contributed by atoms with Gasteiger partial charge in [-0.15, -0.1) is 11.8 Å². The Bertz CT molecular complexity index is 1220. The Labute approximate surface area is 212 Å². The van der Waals surface area contributed by atoms with Crippen molar-refractivity contribution in [3.8, 4) is 11.1 Å². The molecule has 1 aliphatic heterocycles. The number of aliphatic carboxylic acids is 1. The van der Waals surface area contributed by atoms with Crippen molar-refractivity contribution < 1.29 is 29.0 Å². The lowest BCUT2D eigenvalue weighted by Crippen LogP contribution is -2.44. The fourth-order valence-electron chi connectivity index (χ4n) is 3.37. The number of amides is 2. The number of benzene rings is 1. The minimum absolute atomic E-state index is 0.0973. The average molecular weight is 523 g/mol. The van der Waals surface area contributed by atoms with Gasteiger partial charge in [-0.1, -0.05) is 11.6 Å². The summed E-state index contributed by atoms with van der Waals surface area (Å²) in [6.45, 7) is 9.99. The molecule has 2 amide bonds. The van der Waals surface area contributed by atoms with Crippen molar-refractivity contribution in [2.45, 2.75) is 63.8 Å². The quantitative estimate of drug-likeness (QED) is 0.555.